The van der Waals surface area contributed by atoms with Gasteiger partial charge in [0.05, 0.1) is 17.2 Å². The Balaban J connectivity index is 1.94. The van der Waals surface area contributed by atoms with Crippen LogP contribution < -0.4 is 5.32 Å². The molecule has 1 aromatic carbocycles. The van der Waals surface area contributed by atoms with E-state index in [-0.39, 0.29) is 5.92 Å². The highest BCUT2D eigenvalue weighted by molar-refractivity contribution is 9.10. The average Bonchev–Trinajstić information content (AvgIpc) is 2.40. The maximum atomic E-state index is 10.9. The first-order valence-electron chi connectivity index (χ1n) is 6.54. The lowest BCUT2D eigenvalue weighted by Gasteiger charge is -2.35. The highest BCUT2D eigenvalue weighted by Gasteiger charge is 2.35. The van der Waals surface area contributed by atoms with E-state index in [9.17, 15) is 9.90 Å². The molecule has 110 valence electrons. The summed E-state index contributed by atoms with van der Waals surface area (Å²) in [7, 11) is 0. The molecule has 3 N–H and O–H groups in total. The predicted molar refractivity (Wildman–Crippen MR) is 82.2 cm³/mol. The molecular formula is C14H17BrClNO3. The Morgan fingerprint density at radius 3 is 2.70 bits per heavy atom. The van der Waals surface area contributed by atoms with Crippen LogP contribution >= 0.6 is 27.5 Å². The minimum Gasteiger partial charge on any atom is -0.481 e. The summed E-state index contributed by atoms with van der Waals surface area (Å²) in [6.45, 7) is 0.387. The van der Waals surface area contributed by atoms with Crippen LogP contribution in [0.3, 0.4) is 0 Å². The van der Waals surface area contributed by atoms with E-state index >= 15 is 0 Å². The lowest BCUT2D eigenvalue weighted by molar-refractivity contribution is -0.144. The fourth-order valence-electron chi connectivity index (χ4n) is 2.47. The van der Waals surface area contributed by atoms with Crippen LogP contribution in [0.4, 0.5) is 5.69 Å². The van der Waals surface area contributed by atoms with Crippen LogP contribution in [0.15, 0.2) is 22.7 Å². The zero-order valence-corrected chi connectivity index (χ0v) is 13.2. The van der Waals surface area contributed by atoms with E-state index in [0.717, 1.165) is 10.2 Å². The molecule has 0 aliphatic heterocycles. The van der Waals surface area contributed by atoms with E-state index in [0.29, 0.717) is 37.3 Å². The van der Waals surface area contributed by atoms with Crippen LogP contribution in [0.1, 0.15) is 25.7 Å². The molecule has 1 aliphatic rings. The van der Waals surface area contributed by atoms with Gasteiger partial charge in [0.1, 0.15) is 0 Å². The third-order valence-electron chi connectivity index (χ3n) is 3.80. The van der Waals surface area contributed by atoms with Crippen molar-refractivity contribution in [3.63, 3.8) is 0 Å². The molecule has 2 rings (SSSR count). The van der Waals surface area contributed by atoms with Crippen LogP contribution in [0.25, 0.3) is 0 Å². The van der Waals surface area contributed by atoms with Gasteiger partial charge in [-0.2, -0.15) is 0 Å². The number of nitrogens with one attached hydrogen (secondary N) is 1. The summed E-state index contributed by atoms with van der Waals surface area (Å²) >= 11 is 9.36. The Morgan fingerprint density at radius 2 is 2.10 bits per heavy atom. The lowest BCUT2D eigenvalue weighted by atomic mass is 9.79. The number of aliphatic hydroxyl groups is 1. The molecule has 1 fully saturated rings. The molecule has 0 aromatic heterocycles. The molecule has 0 radical (unpaired) electrons. The number of hydrogen-bond acceptors (Lipinski definition) is 3. The van der Waals surface area contributed by atoms with E-state index in [1.807, 2.05) is 6.07 Å². The topological polar surface area (TPSA) is 69.6 Å². The molecular weight excluding hydrogens is 346 g/mol. The van der Waals surface area contributed by atoms with E-state index in [1.165, 1.54) is 0 Å². The molecule has 1 aromatic rings. The molecule has 0 heterocycles. The van der Waals surface area contributed by atoms with Gasteiger partial charge in [-0.15, -0.1) is 0 Å². The molecule has 6 heteroatoms. The summed E-state index contributed by atoms with van der Waals surface area (Å²) in [4.78, 5) is 10.9. The van der Waals surface area contributed by atoms with Gasteiger partial charge in [0.15, 0.2) is 0 Å². The third-order valence-corrected chi connectivity index (χ3v) is 4.73. The van der Waals surface area contributed by atoms with Gasteiger partial charge in [-0.05, 0) is 59.8 Å². The third kappa shape index (κ3) is 3.87. The molecule has 1 saturated carbocycles. The second kappa shape index (κ2) is 6.33. The van der Waals surface area contributed by atoms with Crippen molar-refractivity contribution in [2.24, 2.45) is 5.92 Å². The Bertz CT molecular complexity index is 501. The first-order valence-corrected chi connectivity index (χ1v) is 7.71. The first-order chi connectivity index (χ1) is 9.39. The number of benzene rings is 1. The smallest absolute Gasteiger partial charge is 0.306 e. The number of carboxylic acid groups (broad SMARTS) is 1. The zero-order valence-electron chi connectivity index (χ0n) is 10.9. The molecule has 0 spiro atoms. The minimum atomic E-state index is -0.853. The van der Waals surface area contributed by atoms with E-state index < -0.39 is 11.6 Å². The normalized spacial score (nSPS) is 26.2. The highest BCUT2D eigenvalue weighted by Crippen LogP contribution is 2.33. The van der Waals surface area contributed by atoms with Gasteiger partial charge in [0, 0.05) is 16.0 Å². The molecule has 1 aliphatic carbocycles. The Morgan fingerprint density at radius 1 is 1.45 bits per heavy atom. The van der Waals surface area contributed by atoms with Crippen LogP contribution in [0, 0.1) is 5.92 Å². The van der Waals surface area contributed by atoms with Crippen molar-refractivity contribution >= 4 is 39.2 Å². The van der Waals surface area contributed by atoms with E-state index in [1.54, 1.807) is 12.1 Å². The van der Waals surface area contributed by atoms with Gasteiger partial charge in [0.2, 0.25) is 0 Å². The fourth-order valence-corrected chi connectivity index (χ4v) is 3.03. The maximum absolute atomic E-state index is 10.9. The quantitative estimate of drug-likeness (QED) is 0.766. The summed E-state index contributed by atoms with van der Waals surface area (Å²) < 4.78 is 0.879. The van der Waals surface area contributed by atoms with Crippen LogP contribution in [-0.2, 0) is 4.79 Å². The van der Waals surface area contributed by atoms with Gasteiger partial charge in [-0.25, -0.2) is 0 Å². The number of aliphatic carboxylic acids is 1. The molecule has 0 atom stereocenters. The number of anilines is 1. The van der Waals surface area contributed by atoms with Gasteiger partial charge < -0.3 is 15.5 Å². The SMILES string of the molecule is O=C(O)C1CCC(O)(CNc2cc(Cl)ccc2Br)CC1. The van der Waals surface area contributed by atoms with Crippen molar-refractivity contribution < 1.29 is 15.0 Å². The molecule has 20 heavy (non-hydrogen) atoms. The largest absolute Gasteiger partial charge is 0.481 e. The summed E-state index contributed by atoms with van der Waals surface area (Å²) in [6, 6.07) is 5.41. The second-order valence-corrected chi connectivity index (χ2v) is 6.61. The zero-order chi connectivity index (χ0) is 14.8. The summed E-state index contributed by atoms with van der Waals surface area (Å²) in [6.07, 6.45) is 2.03. The van der Waals surface area contributed by atoms with Crippen molar-refractivity contribution in [3.8, 4) is 0 Å². The highest BCUT2D eigenvalue weighted by atomic mass is 79.9. The van der Waals surface area contributed by atoms with Crippen LogP contribution in [0.2, 0.25) is 5.02 Å². The fraction of sp³-hybridized carbons (Fsp3) is 0.500. The van der Waals surface area contributed by atoms with Gasteiger partial charge in [-0.3, -0.25) is 4.79 Å². The van der Waals surface area contributed by atoms with Crippen molar-refractivity contribution in [1.82, 2.24) is 0 Å². The number of rotatable bonds is 4. The minimum absolute atomic E-state index is 0.326. The molecule has 0 unspecified atom stereocenters. The maximum Gasteiger partial charge on any atom is 0.306 e. The number of halogens is 2. The van der Waals surface area contributed by atoms with Crippen molar-refractivity contribution in [2.45, 2.75) is 31.3 Å². The Hall–Kier alpha value is -0.780. The second-order valence-electron chi connectivity index (χ2n) is 5.31. The predicted octanol–water partition coefficient (Wildman–Crippen LogP) is 3.52. The lowest BCUT2D eigenvalue weighted by Crippen LogP contribution is -2.41. The monoisotopic (exact) mass is 361 g/mol. The Labute approximate surface area is 131 Å². The molecule has 0 amide bonds. The average molecular weight is 363 g/mol. The Kier molecular flexibility index (Phi) is 4.94. The van der Waals surface area contributed by atoms with Crippen molar-refractivity contribution in [1.29, 1.82) is 0 Å². The van der Waals surface area contributed by atoms with Crippen LogP contribution in [0.5, 0.6) is 0 Å². The standard InChI is InChI=1S/C14H17BrClNO3/c15-11-2-1-10(16)7-12(11)17-8-14(20)5-3-9(4-6-14)13(18)19/h1-2,7,9,17,20H,3-6,8H2,(H,18,19). The van der Waals surface area contributed by atoms with Gasteiger partial charge >= 0.3 is 5.97 Å². The first kappa shape index (κ1) is 15.6. The van der Waals surface area contributed by atoms with E-state index in [2.05, 4.69) is 21.2 Å². The molecule has 0 saturated heterocycles. The number of carbonyl (C=O) groups is 1. The molecule has 0 bridgehead atoms. The summed E-state index contributed by atoms with van der Waals surface area (Å²) in [5.41, 5.74) is -0.0282. The van der Waals surface area contributed by atoms with Gasteiger partial charge in [-0.1, -0.05) is 11.6 Å². The molecule has 4 nitrogen and oxygen atoms in total. The number of hydrogen-bond donors (Lipinski definition) is 3. The van der Waals surface area contributed by atoms with E-state index in [4.69, 9.17) is 16.7 Å². The van der Waals surface area contributed by atoms with Gasteiger partial charge in [0.25, 0.3) is 0 Å². The van der Waals surface area contributed by atoms with Crippen LogP contribution in [-0.4, -0.2) is 28.3 Å². The van der Waals surface area contributed by atoms with Crippen molar-refractivity contribution in [3.05, 3.63) is 27.7 Å². The van der Waals surface area contributed by atoms with Crippen molar-refractivity contribution in [2.75, 3.05) is 11.9 Å². The summed E-state index contributed by atoms with van der Waals surface area (Å²) in [5, 5.41) is 23.3. The number of carboxylic acids is 1. The summed E-state index contributed by atoms with van der Waals surface area (Å²) in [5.74, 6) is -1.09.